The van der Waals surface area contributed by atoms with E-state index < -0.39 is 14.2 Å². The first-order valence-corrected chi connectivity index (χ1v) is 11.4. The third kappa shape index (κ3) is 5.10. The number of hydrogen-bond donors (Lipinski definition) is 0. The second-order valence-electron chi connectivity index (χ2n) is 6.54. The maximum atomic E-state index is 12.5. The summed E-state index contributed by atoms with van der Waals surface area (Å²) in [5.41, 5.74) is 1.86. The molecule has 1 unspecified atom stereocenters. The Bertz CT molecular complexity index is 688. The highest BCUT2D eigenvalue weighted by Gasteiger charge is 2.30. The number of carbonyl (C=O) groups is 1. The summed E-state index contributed by atoms with van der Waals surface area (Å²) < 4.78 is 11.3. The Hall–Kier alpha value is -2.33. The van der Waals surface area contributed by atoms with Crippen molar-refractivity contribution < 1.29 is 14.0 Å². The summed E-state index contributed by atoms with van der Waals surface area (Å²) in [6.07, 6.45) is 1.94. The maximum absolute atomic E-state index is 12.5. The monoisotopic (exact) mass is 340 g/mol. The lowest BCUT2D eigenvalue weighted by molar-refractivity contribution is -0.142. The molecule has 0 saturated heterocycles. The Morgan fingerprint density at radius 3 is 2.00 bits per heavy atom. The fourth-order valence-electron chi connectivity index (χ4n) is 2.42. The van der Waals surface area contributed by atoms with Crippen molar-refractivity contribution >= 4 is 20.4 Å². The Morgan fingerprint density at radius 2 is 1.50 bits per heavy atom. The fraction of sp³-hybridized carbons (Fsp3) is 0.250. The lowest BCUT2D eigenvalue weighted by atomic mass is 9.96. The molecule has 3 nitrogen and oxygen atoms in total. The molecule has 0 heterocycles. The van der Waals surface area contributed by atoms with Gasteiger partial charge in [-0.2, -0.15) is 0 Å². The van der Waals surface area contributed by atoms with E-state index in [1.54, 1.807) is 0 Å². The van der Waals surface area contributed by atoms with E-state index in [-0.39, 0.29) is 5.97 Å². The van der Waals surface area contributed by atoms with Gasteiger partial charge < -0.3 is 9.16 Å². The molecule has 2 aromatic rings. The molecule has 0 bridgehead atoms. The highest BCUT2D eigenvalue weighted by Crippen LogP contribution is 2.30. The van der Waals surface area contributed by atoms with Gasteiger partial charge >= 0.3 is 5.97 Å². The van der Waals surface area contributed by atoms with Crippen LogP contribution in [0.2, 0.25) is 19.6 Å². The number of benzene rings is 2. The van der Waals surface area contributed by atoms with E-state index in [1.807, 2.05) is 66.7 Å². The van der Waals surface area contributed by atoms with Crippen molar-refractivity contribution in [2.24, 2.45) is 0 Å². The molecule has 0 amide bonds. The van der Waals surface area contributed by atoms with Crippen LogP contribution in [-0.2, 0) is 14.0 Å². The van der Waals surface area contributed by atoms with Gasteiger partial charge in [0.05, 0.1) is 12.9 Å². The minimum Gasteiger partial charge on any atom is -0.546 e. The van der Waals surface area contributed by atoms with E-state index in [0.717, 1.165) is 11.1 Å². The molecular weight excluding hydrogens is 316 g/mol. The van der Waals surface area contributed by atoms with E-state index in [2.05, 4.69) is 19.6 Å². The number of carbonyl (C=O) groups excluding carboxylic acids is 1. The third-order valence-corrected chi connectivity index (χ3v) is 4.23. The fourth-order valence-corrected chi connectivity index (χ4v) is 3.30. The van der Waals surface area contributed by atoms with Gasteiger partial charge in [0.15, 0.2) is 0 Å². The summed E-state index contributed by atoms with van der Waals surface area (Å²) in [4.78, 5) is 12.5. The predicted octanol–water partition coefficient (Wildman–Crippen LogP) is 4.84. The van der Waals surface area contributed by atoms with Crippen molar-refractivity contribution in [2.75, 3.05) is 7.11 Å². The van der Waals surface area contributed by atoms with Crippen LogP contribution in [0.4, 0.5) is 0 Å². The van der Waals surface area contributed by atoms with Crippen molar-refractivity contribution in [2.45, 2.75) is 25.6 Å². The summed E-state index contributed by atoms with van der Waals surface area (Å²) in [7, 11) is -0.495. The number of rotatable bonds is 6. The largest absolute Gasteiger partial charge is 0.546 e. The summed E-state index contributed by atoms with van der Waals surface area (Å²) >= 11 is 0. The Kier molecular flexibility index (Phi) is 5.98. The normalized spacial score (nSPS) is 13.2. The second-order valence-corrected chi connectivity index (χ2v) is 11.0. The van der Waals surface area contributed by atoms with Gasteiger partial charge in [0.2, 0.25) is 8.32 Å². The van der Waals surface area contributed by atoms with Crippen LogP contribution in [0.25, 0.3) is 6.08 Å². The Balaban J connectivity index is 2.53. The van der Waals surface area contributed by atoms with Gasteiger partial charge in [-0.1, -0.05) is 60.7 Å². The van der Waals surface area contributed by atoms with Gasteiger partial charge in [-0.25, -0.2) is 0 Å². The molecule has 0 saturated carbocycles. The van der Waals surface area contributed by atoms with Crippen molar-refractivity contribution in [3.05, 3.63) is 77.5 Å². The smallest absolute Gasteiger partial charge is 0.320 e. The molecule has 0 aliphatic rings. The van der Waals surface area contributed by atoms with Crippen LogP contribution in [-0.4, -0.2) is 21.4 Å². The highest BCUT2D eigenvalue weighted by molar-refractivity contribution is 6.70. The number of ether oxygens (including phenoxy) is 1. The van der Waals surface area contributed by atoms with E-state index in [1.165, 1.54) is 7.11 Å². The summed E-state index contributed by atoms with van der Waals surface area (Å²) in [5.74, 6) is -0.247. The molecule has 1 atom stereocenters. The molecular formula is C20H24O3Si. The molecule has 2 rings (SSSR count). The van der Waals surface area contributed by atoms with E-state index in [0.29, 0.717) is 5.76 Å². The van der Waals surface area contributed by atoms with Gasteiger partial charge in [0, 0.05) is 0 Å². The molecule has 0 spiro atoms. The van der Waals surface area contributed by atoms with E-state index >= 15 is 0 Å². The van der Waals surface area contributed by atoms with Gasteiger partial charge in [-0.05, 0) is 36.8 Å². The van der Waals surface area contributed by atoms with Crippen molar-refractivity contribution in [1.82, 2.24) is 0 Å². The quantitative estimate of drug-likeness (QED) is 0.429. The minimum absolute atomic E-state index is 0.318. The summed E-state index contributed by atoms with van der Waals surface area (Å²) in [5, 5.41) is 0. The molecule has 0 aromatic heterocycles. The zero-order valence-corrected chi connectivity index (χ0v) is 15.7. The molecule has 0 fully saturated rings. The summed E-state index contributed by atoms with van der Waals surface area (Å²) in [6, 6.07) is 19.5. The van der Waals surface area contributed by atoms with Gasteiger partial charge in [-0.3, -0.25) is 4.79 Å². The molecule has 0 radical (unpaired) electrons. The van der Waals surface area contributed by atoms with Gasteiger partial charge in [0.25, 0.3) is 0 Å². The SMILES string of the molecule is COC(=O)C(/C(=C/c1ccccc1)O[Si](C)(C)C)c1ccccc1. The lowest BCUT2D eigenvalue weighted by Crippen LogP contribution is -2.29. The summed E-state index contributed by atoms with van der Waals surface area (Å²) in [6.45, 7) is 6.31. The average molecular weight is 340 g/mol. The Morgan fingerprint density at radius 1 is 0.958 bits per heavy atom. The van der Waals surface area contributed by atoms with E-state index in [4.69, 9.17) is 9.16 Å². The van der Waals surface area contributed by atoms with Crippen molar-refractivity contribution in [1.29, 1.82) is 0 Å². The first-order chi connectivity index (χ1) is 11.4. The topological polar surface area (TPSA) is 35.5 Å². The van der Waals surface area contributed by atoms with Crippen LogP contribution in [0.3, 0.4) is 0 Å². The number of methoxy groups -OCH3 is 1. The lowest BCUT2D eigenvalue weighted by Gasteiger charge is -2.27. The van der Waals surface area contributed by atoms with Gasteiger partial charge in [0.1, 0.15) is 5.92 Å². The zero-order valence-electron chi connectivity index (χ0n) is 14.7. The first-order valence-electron chi connectivity index (χ1n) is 7.99. The van der Waals surface area contributed by atoms with Crippen molar-refractivity contribution in [3.63, 3.8) is 0 Å². The molecule has 126 valence electrons. The molecule has 0 aliphatic carbocycles. The van der Waals surface area contributed by atoms with Crippen molar-refractivity contribution in [3.8, 4) is 0 Å². The number of hydrogen-bond acceptors (Lipinski definition) is 3. The molecule has 2 aromatic carbocycles. The van der Waals surface area contributed by atoms with Gasteiger partial charge in [-0.15, -0.1) is 0 Å². The van der Waals surface area contributed by atoms with E-state index in [9.17, 15) is 4.79 Å². The van der Waals surface area contributed by atoms with Crippen LogP contribution >= 0.6 is 0 Å². The third-order valence-electron chi connectivity index (χ3n) is 3.39. The molecule has 0 aliphatic heterocycles. The van der Waals surface area contributed by atoms with Crippen LogP contribution in [0, 0.1) is 0 Å². The highest BCUT2D eigenvalue weighted by atomic mass is 28.4. The Labute approximate surface area is 145 Å². The van der Waals surface area contributed by atoms with Crippen LogP contribution in [0.5, 0.6) is 0 Å². The second kappa shape index (κ2) is 7.97. The molecule has 24 heavy (non-hydrogen) atoms. The minimum atomic E-state index is -1.90. The standard InChI is InChI=1S/C20H24O3Si/c1-22-20(21)19(17-13-9-6-10-14-17)18(23-24(2,3)4)15-16-11-7-5-8-12-16/h5-15,19H,1-4H3/b18-15-. The van der Waals surface area contributed by atoms with Crippen LogP contribution in [0.15, 0.2) is 66.4 Å². The van der Waals surface area contributed by atoms with Crippen LogP contribution in [0.1, 0.15) is 17.0 Å². The first kappa shape index (κ1) is 18.0. The zero-order chi connectivity index (χ0) is 17.6. The molecule has 4 heteroatoms. The molecule has 0 N–H and O–H groups in total. The maximum Gasteiger partial charge on any atom is 0.320 e. The number of esters is 1. The predicted molar refractivity (Wildman–Crippen MR) is 100 cm³/mol. The van der Waals surface area contributed by atoms with Crippen LogP contribution < -0.4 is 0 Å². The average Bonchev–Trinajstić information content (AvgIpc) is 2.55.